The Morgan fingerprint density at radius 2 is 1.44 bits per heavy atom. The zero-order valence-electron chi connectivity index (χ0n) is 10.9. The molecule has 0 amide bonds. The van der Waals surface area contributed by atoms with Crippen LogP contribution in [0.5, 0.6) is 0 Å². The Balaban J connectivity index is 2.08. The molecule has 0 saturated carbocycles. The Labute approximate surface area is 108 Å². The molecule has 0 aliphatic rings. The molecule has 0 N–H and O–H groups in total. The summed E-state index contributed by atoms with van der Waals surface area (Å²) in [6.07, 6.45) is 1.06. The number of Topliss-reactive ketones (excluding diaryl/α,β-unsaturated/α-hetero) is 1. The van der Waals surface area contributed by atoms with Crippen molar-refractivity contribution < 1.29 is 4.79 Å². The van der Waals surface area contributed by atoms with Gasteiger partial charge in [-0.1, -0.05) is 48.5 Å². The van der Waals surface area contributed by atoms with Gasteiger partial charge in [-0.2, -0.15) is 0 Å². The van der Waals surface area contributed by atoms with Crippen molar-refractivity contribution >= 4 is 5.78 Å². The number of aryl methyl sites for hydroxylation is 2. The van der Waals surface area contributed by atoms with Gasteiger partial charge in [0.05, 0.1) is 0 Å². The first kappa shape index (κ1) is 12.6. The van der Waals surface area contributed by atoms with Crippen molar-refractivity contribution in [1.82, 2.24) is 0 Å². The van der Waals surface area contributed by atoms with E-state index in [-0.39, 0.29) is 5.78 Å². The molecule has 18 heavy (non-hydrogen) atoms. The number of hydrogen-bond acceptors (Lipinski definition) is 1. The summed E-state index contributed by atoms with van der Waals surface area (Å²) in [7, 11) is 0. The van der Waals surface area contributed by atoms with Crippen LogP contribution >= 0.6 is 0 Å². The van der Waals surface area contributed by atoms with E-state index in [1.165, 1.54) is 16.7 Å². The van der Waals surface area contributed by atoms with Gasteiger partial charge in [0.25, 0.3) is 0 Å². The lowest BCUT2D eigenvalue weighted by molar-refractivity contribution is -0.117. The first-order valence-corrected chi connectivity index (χ1v) is 6.27. The van der Waals surface area contributed by atoms with Gasteiger partial charge in [-0.25, -0.2) is 0 Å². The van der Waals surface area contributed by atoms with Gasteiger partial charge in [0.15, 0.2) is 0 Å². The second-order valence-corrected chi connectivity index (χ2v) is 4.75. The molecule has 0 heterocycles. The Kier molecular flexibility index (Phi) is 3.93. The maximum atomic E-state index is 12.1. The summed E-state index contributed by atoms with van der Waals surface area (Å²) >= 11 is 0. The topological polar surface area (TPSA) is 17.1 Å². The van der Waals surface area contributed by atoms with E-state index in [0.717, 1.165) is 5.56 Å². The molecule has 2 aromatic rings. The second-order valence-electron chi connectivity index (χ2n) is 4.75. The molecule has 0 aromatic heterocycles. The SMILES string of the molecule is Cc1cccc(C)c1CC(=O)Cc1ccccc1. The first-order valence-electron chi connectivity index (χ1n) is 6.27. The third kappa shape index (κ3) is 3.07. The normalized spacial score (nSPS) is 10.3. The van der Waals surface area contributed by atoms with E-state index in [4.69, 9.17) is 0 Å². The van der Waals surface area contributed by atoms with Crippen LogP contribution in [0.25, 0.3) is 0 Å². The molecule has 0 atom stereocenters. The van der Waals surface area contributed by atoms with Crippen molar-refractivity contribution in [1.29, 1.82) is 0 Å². The fourth-order valence-corrected chi connectivity index (χ4v) is 2.21. The Morgan fingerprint density at radius 1 is 0.833 bits per heavy atom. The smallest absolute Gasteiger partial charge is 0.141 e. The lowest BCUT2D eigenvalue weighted by atomic mass is 9.96. The molecule has 2 aromatic carbocycles. The Bertz CT molecular complexity index is 521. The molecule has 0 fully saturated rings. The number of hydrogen-bond donors (Lipinski definition) is 0. The molecular weight excluding hydrogens is 220 g/mol. The summed E-state index contributed by atoms with van der Waals surface area (Å²) in [4.78, 5) is 12.1. The highest BCUT2D eigenvalue weighted by Crippen LogP contribution is 2.15. The third-order valence-corrected chi connectivity index (χ3v) is 3.26. The van der Waals surface area contributed by atoms with Gasteiger partial charge >= 0.3 is 0 Å². The summed E-state index contributed by atoms with van der Waals surface area (Å²) in [5.41, 5.74) is 4.68. The van der Waals surface area contributed by atoms with Gasteiger partial charge in [-0.15, -0.1) is 0 Å². The molecule has 2 rings (SSSR count). The molecule has 0 unspecified atom stereocenters. The van der Waals surface area contributed by atoms with Crippen LogP contribution in [-0.2, 0) is 17.6 Å². The standard InChI is InChI=1S/C17H18O/c1-13-7-6-8-14(2)17(13)12-16(18)11-15-9-4-3-5-10-15/h3-10H,11-12H2,1-2H3. The molecule has 0 aliphatic carbocycles. The summed E-state index contributed by atoms with van der Waals surface area (Å²) in [5.74, 6) is 0.276. The van der Waals surface area contributed by atoms with Crippen molar-refractivity contribution in [2.45, 2.75) is 26.7 Å². The zero-order chi connectivity index (χ0) is 13.0. The van der Waals surface area contributed by atoms with Crippen LogP contribution in [0.1, 0.15) is 22.3 Å². The average Bonchev–Trinajstić information content (AvgIpc) is 2.35. The summed E-state index contributed by atoms with van der Waals surface area (Å²) in [6.45, 7) is 4.14. The Morgan fingerprint density at radius 3 is 2.06 bits per heavy atom. The van der Waals surface area contributed by atoms with Gasteiger partial charge < -0.3 is 0 Å². The first-order chi connectivity index (χ1) is 8.66. The average molecular weight is 238 g/mol. The van der Waals surface area contributed by atoms with Crippen molar-refractivity contribution in [3.8, 4) is 0 Å². The largest absolute Gasteiger partial charge is 0.299 e. The number of benzene rings is 2. The molecule has 92 valence electrons. The van der Waals surface area contributed by atoms with Crippen LogP contribution in [0.15, 0.2) is 48.5 Å². The zero-order valence-corrected chi connectivity index (χ0v) is 10.9. The van der Waals surface area contributed by atoms with E-state index in [9.17, 15) is 4.79 Å². The maximum absolute atomic E-state index is 12.1. The molecule has 0 radical (unpaired) electrons. The molecular formula is C17H18O. The lowest BCUT2D eigenvalue weighted by Crippen LogP contribution is -2.08. The van der Waals surface area contributed by atoms with E-state index in [2.05, 4.69) is 26.0 Å². The van der Waals surface area contributed by atoms with Crippen LogP contribution in [0.2, 0.25) is 0 Å². The molecule has 0 spiro atoms. The third-order valence-electron chi connectivity index (χ3n) is 3.26. The molecule has 0 bridgehead atoms. The monoisotopic (exact) mass is 238 g/mol. The van der Waals surface area contributed by atoms with Gasteiger partial charge in [-0.05, 0) is 36.1 Å². The highest BCUT2D eigenvalue weighted by Gasteiger charge is 2.09. The van der Waals surface area contributed by atoms with E-state index >= 15 is 0 Å². The van der Waals surface area contributed by atoms with Crippen molar-refractivity contribution in [2.75, 3.05) is 0 Å². The van der Waals surface area contributed by atoms with E-state index in [0.29, 0.717) is 12.8 Å². The fourth-order valence-electron chi connectivity index (χ4n) is 2.21. The summed E-state index contributed by atoms with van der Waals surface area (Å²) in [6, 6.07) is 16.1. The van der Waals surface area contributed by atoms with Crippen molar-refractivity contribution in [3.05, 3.63) is 70.8 Å². The van der Waals surface area contributed by atoms with E-state index in [1.54, 1.807) is 0 Å². The summed E-state index contributed by atoms with van der Waals surface area (Å²) < 4.78 is 0. The number of carbonyl (C=O) groups excluding carboxylic acids is 1. The van der Waals surface area contributed by atoms with Crippen LogP contribution in [0.3, 0.4) is 0 Å². The van der Waals surface area contributed by atoms with Crippen LogP contribution in [-0.4, -0.2) is 5.78 Å². The molecule has 0 aliphatic heterocycles. The second kappa shape index (κ2) is 5.63. The quantitative estimate of drug-likeness (QED) is 0.794. The van der Waals surface area contributed by atoms with Gasteiger partial charge in [-0.3, -0.25) is 4.79 Å². The van der Waals surface area contributed by atoms with Crippen LogP contribution in [0, 0.1) is 13.8 Å². The van der Waals surface area contributed by atoms with Gasteiger partial charge in [0, 0.05) is 12.8 Å². The van der Waals surface area contributed by atoms with Gasteiger partial charge in [0.2, 0.25) is 0 Å². The van der Waals surface area contributed by atoms with Crippen molar-refractivity contribution in [3.63, 3.8) is 0 Å². The molecule has 1 heteroatoms. The minimum atomic E-state index is 0.276. The van der Waals surface area contributed by atoms with Crippen molar-refractivity contribution in [2.24, 2.45) is 0 Å². The minimum absolute atomic E-state index is 0.276. The predicted octanol–water partition coefficient (Wildman–Crippen LogP) is 3.66. The minimum Gasteiger partial charge on any atom is -0.299 e. The fraction of sp³-hybridized carbons (Fsp3) is 0.235. The molecule has 0 saturated heterocycles. The number of rotatable bonds is 4. The number of ketones is 1. The van der Waals surface area contributed by atoms with E-state index in [1.807, 2.05) is 36.4 Å². The summed E-state index contributed by atoms with van der Waals surface area (Å²) in [5, 5.41) is 0. The van der Waals surface area contributed by atoms with Crippen LogP contribution in [0.4, 0.5) is 0 Å². The van der Waals surface area contributed by atoms with Crippen LogP contribution < -0.4 is 0 Å². The lowest BCUT2D eigenvalue weighted by Gasteiger charge is -2.08. The van der Waals surface area contributed by atoms with Gasteiger partial charge in [0.1, 0.15) is 5.78 Å². The highest BCUT2D eigenvalue weighted by atomic mass is 16.1. The predicted molar refractivity (Wildman–Crippen MR) is 74.8 cm³/mol. The Hall–Kier alpha value is -1.89. The maximum Gasteiger partial charge on any atom is 0.141 e. The van der Waals surface area contributed by atoms with E-state index < -0.39 is 0 Å². The number of carbonyl (C=O) groups is 1. The highest BCUT2D eigenvalue weighted by molar-refractivity contribution is 5.83. The molecule has 1 nitrogen and oxygen atoms in total.